The Hall–Kier alpha value is -0.890. The van der Waals surface area contributed by atoms with E-state index in [1.54, 1.807) is 6.07 Å². The second-order valence-electron chi connectivity index (χ2n) is 4.02. The lowest BCUT2D eigenvalue weighted by molar-refractivity contribution is 0.116. The molecule has 1 saturated heterocycles. The van der Waals surface area contributed by atoms with E-state index in [0.717, 1.165) is 0 Å². The number of sulfonamides is 1. The smallest absolute Gasteiger partial charge is 0.274 e. The van der Waals surface area contributed by atoms with Crippen molar-refractivity contribution in [2.75, 3.05) is 6.61 Å². The molecule has 96 valence electrons. The molecule has 2 unspecified atom stereocenters. The van der Waals surface area contributed by atoms with Gasteiger partial charge in [-0.2, -0.15) is 0 Å². The molecular formula is C10H16N2O4S. The van der Waals surface area contributed by atoms with E-state index in [1.165, 1.54) is 6.07 Å². The van der Waals surface area contributed by atoms with Gasteiger partial charge in [-0.1, -0.05) is 0 Å². The molecule has 1 aliphatic heterocycles. The summed E-state index contributed by atoms with van der Waals surface area (Å²) in [6.45, 7) is 2.59. The summed E-state index contributed by atoms with van der Waals surface area (Å²) in [5, 5.41) is -0.1000. The monoisotopic (exact) mass is 260 g/mol. The van der Waals surface area contributed by atoms with Gasteiger partial charge in [-0.3, -0.25) is 0 Å². The van der Waals surface area contributed by atoms with Crippen molar-refractivity contribution < 1.29 is 17.6 Å². The normalized spacial score (nSPS) is 25.3. The fourth-order valence-electron chi connectivity index (χ4n) is 1.76. The van der Waals surface area contributed by atoms with E-state index in [0.29, 0.717) is 18.8 Å². The molecular weight excluding hydrogens is 244 g/mol. The highest BCUT2D eigenvalue weighted by Gasteiger charge is 2.30. The first-order chi connectivity index (χ1) is 8.03. The van der Waals surface area contributed by atoms with Gasteiger partial charge in [0.05, 0.1) is 18.7 Å². The molecule has 17 heavy (non-hydrogen) atoms. The van der Waals surface area contributed by atoms with Crippen LogP contribution in [0.3, 0.4) is 0 Å². The van der Waals surface area contributed by atoms with Crippen LogP contribution >= 0.6 is 0 Å². The number of nitrogens with one attached hydrogen (secondary N) is 1. The number of ether oxygens (including phenoxy) is 1. The van der Waals surface area contributed by atoms with Crippen LogP contribution in [0.4, 0.5) is 0 Å². The lowest BCUT2D eigenvalue weighted by atomic mass is 10.2. The summed E-state index contributed by atoms with van der Waals surface area (Å²) >= 11 is 0. The minimum absolute atomic E-state index is 0.1000. The minimum atomic E-state index is -3.62. The maximum absolute atomic E-state index is 12.0. The molecule has 0 saturated carbocycles. The molecule has 2 atom stereocenters. The van der Waals surface area contributed by atoms with Gasteiger partial charge in [0.15, 0.2) is 0 Å². The second-order valence-corrected chi connectivity index (χ2v) is 5.66. The summed E-state index contributed by atoms with van der Waals surface area (Å²) < 4.78 is 36.9. The standard InChI is InChI=1S/C10H16N2O4S/c1-7-9(4-5-15-7)12-17(13,14)10-3-2-8(6-11)16-10/h2-3,7,9,12H,4-6,11H2,1H3. The van der Waals surface area contributed by atoms with Gasteiger partial charge in [0.2, 0.25) is 5.09 Å². The van der Waals surface area contributed by atoms with Gasteiger partial charge in [-0.25, -0.2) is 13.1 Å². The highest BCUT2D eigenvalue weighted by molar-refractivity contribution is 7.89. The van der Waals surface area contributed by atoms with Gasteiger partial charge in [-0.05, 0) is 25.5 Å². The number of hydrogen-bond acceptors (Lipinski definition) is 5. The van der Waals surface area contributed by atoms with E-state index in [-0.39, 0.29) is 23.8 Å². The van der Waals surface area contributed by atoms with Crippen LogP contribution in [0.15, 0.2) is 21.6 Å². The first-order valence-electron chi connectivity index (χ1n) is 5.45. The van der Waals surface area contributed by atoms with Crippen LogP contribution in [0.2, 0.25) is 0 Å². The third kappa shape index (κ3) is 2.68. The Labute approximate surface area is 100 Å². The molecule has 0 radical (unpaired) electrons. The molecule has 2 heterocycles. The van der Waals surface area contributed by atoms with Crippen molar-refractivity contribution in [1.82, 2.24) is 4.72 Å². The van der Waals surface area contributed by atoms with Gasteiger partial charge in [0.1, 0.15) is 5.76 Å². The van der Waals surface area contributed by atoms with Gasteiger partial charge in [0, 0.05) is 6.61 Å². The molecule has 0 aliphatic carbocycles. The third-order valence-electron chi connectivity index (χ3n) is 2.79. The average molecular weight is 260 g/mol. The summed E-state index contributed by atoms with van der Waals surface area (Å²) in [5.74, 6) is 0.445. The Bertz CT molecular complexity index is 482. The third-order valence-corrected chi connectivity index (χ3v) is 4.15. The Morgan fingerprint density at radius 2 is 2.29 bits per heavy atom. The summed E-state index contributed by atoms with van der Waals surface area (Å²) in [5.41, 5.74) is 5.36. The molecule has 0 spiro atoms. The lowest BCUT2D eigenvalue weighted by Crippen LogP contribution is -2.38. The molecule has 1 aliphatic rings. The molecule has 3 N–H and O–H groups in total. The molecule has 1 aromatic rings. The Kier molecular flexibility index (Phi) is 3.53. The van der Waals surface area contributed by atoms with Crippen molar-refractivity contribution >= 4 is 10.0 Å². The van der Waals surface area contributed by atoms with Gasteiger partial charge in [-0.15, -0.1) is 0 Å². The quantitative estimate of drug-likeness (QED) is 0.806. The molecule has 0 bridgehead atoms. The zero-order valence-electron chi connectivity index (χ0n) is 9.55. The molecule has 2 rings (SSSR count). The highest BCUT2D eigenvalue weighted by Crippen LogP contribution is 2.18. The van der Waals surface area contributed by atoms with Crippen molar-refractivity contribution in [3.8, 4) is 0 Å². The SMILES string of the molecule is CC1OCCC1NS(=O)(=O)c1ccc(CN)o1. The predicted molar refractivity (Wildman–Crippen MR) is 60.7 cm³/mol. The van der Waals surface area contributed by atoms with E-state index in [1.807, 2.05) is 6.92 Å². The number of nitrogens with two attached hydrogens (primary N) is 1. The first-order valence-corrected chi connectivity index (χ1v) is 6.94. The molecule has 0 amide bonds. The van der Waals surface area contributed by atoms with E-state index in [4.69, 9.17) is 14.9 Å². The zero-order valence-corrected chi connectivity index (χ0v) is 10.4. The topological polar surface area (TPSA) is 94.6 Å². The number of furan rings is 1. The van der Waals surface area contributed by atoms with Crippen LogP contribution in [0, 0.1) is 0 Å². The van der Waals surface area contributed by atoms with Gasteiger partial charge >= 0.3 is 0 Å². The first kappa shape index (κ1) is 12.6. The molecule has 6 nitrogen and oxygen atoms in total. The Balaban J connectivity index is 2.13. The average Bonchev–Trinajstić information content (AvgIpc) is 2.88. The highest BCUT2D eigenvalue weighted by atomic mass is 32.2. The minimum Gasteiger partial charge on any atom is -0.447 e. The van der Waals surface area contributed by atoms with E-state index in [9.17, 15) is 8.42 Å². The van der Waals surface area contributed by atoms with Crippen LogP contribution in [-0.4, -0.2) is 27.2 Å². The summed E-state index contributed by atoms with van der Waals surface area (Å²) in [4.78, 5) is 0. The lowest BCUT2D eigenvalue weighted by Gasteiger charge is -2.14. The maximum Gasteiger partial charge on any atom is 0.274 e. The van der Waals surface area contributed by atoms with Crippen molar-refractivity contribution in [2.24, 2.45) is 5.73 Å². The van der Waals surface area contributed by atoms with Crippen molar-refractivity contribution in [3.05, 3.63) is 17.9 Å². The summed E-state index contributed by atoms with van der Waals surface area (Å²) in [7, 11) is -3.62. The predicted octanol–water partition coefficient (Wildman–Crippen LogP) is 0.194. The fraction of sp³-hybridized carbons (Fsp3) is 0.600. The van der Waals surface area contributed by atoms with Crippen molar-refractivity contribution in [2.45, 2.75) is 37.1 Å². The zero-order chi connectivity index (χ0) is 12.5. The molecule has 1 aromatic heterocycles. The van der Waals surface area contributed by atoms with E-state index >= 15 is 0 Å². The van der Waals surface area contributed by atoms with Gasteiger partial charge < -0.3 is 14.9 Å². The van der Waals surface area contributed by atoms with E-state index < -0.39 is 10.0 Å². The number of rotatable bonds is 4. The van der Waals surface area contributed by atoms with Crippen LogP contribution in [0.1, 0.15) is 19.1 Å². The van der Waals surface area contributed by atoms with Gasteiger partial charge in [0.25, 0.3) is 10.0 Å². The van der Waals surface area contributed by atoms with E-state index in [2.05, 4.69) is 4.72 Å². The maximum atomic E-state index is 12.0. The van der Waals surface area contributed by atoms with Crippen LogP contribution in [0.5, 0.6) is 0 Å². The number of hydrogen-bond donors (Lipinski definition) is 2. The fourth-order valence-corrected chi connectivity index (χ4v) is 3.04. The Morgan fingerprint density at radius 1 is 1.53 bits per heavy atom. The largest absolute Gasteiger partial charge is 0.447 e. The van der Waals surface area contributed by atoms with Crippen LogP contribution in [0.25, 0.3) is 0 Å². The van der Waals surface area contributed by atoms with Crippen LogP contribution < -0.4 is 10.5 Å². The second kappa shape index (κ2) is 4.77. The summed E-state index contributed by atoms with van der Waals surface area (Å²) in [6, 6.07) is 2.76. The van der Waals surface area contributed by atoms with Crippen molar-refractivity contribution in [3.63, 3.8) is 0 Å². The molecule has 0 aromatic carbocycles. The Morgan fingerprint density at radius 3 is 2.82 bits per heavy atom. The van der Waals surface area contributed by atoms with Crippen LogP contribution in [-0.2, 0) is 21.3 Å². The molecule has 1 fully saturated rings. The molecule has 7 heteroatoms. The summed E-state index contributed by atoms with van der Waals surface area (Å²) in [6.07, 6.45) is 0.555. The van der Waals surface area contributed by atoms with Crippen molar-refractivity contribution in [1.29, 1.82) is 0 Å².